The van der Waals surface area contributed by atoms with Crippen molar-refractivity contribution in [3.05, 3.63) is 119 Å². The van der Waals surface area contributed by atoms with Crippen molar-refractivity contribution in [2.24, 2.45) is 5.73 Å². The first-order chi connectivity index (χ1) is 15.1. The zero-order chi connectivity index (χ0) is 22.3. The van der Waals surface area contributed by atoms with Crippen molar-refractivity contribution in [2.75, 3.05) is 13.1 Å². The van der Waals surface area contributed by atoms with Gasteiger partial charge in [-0.15, -0.1) is 0 Å². The molecule has 0 spiro atoms. The number of allylic oxidation sites excluding steroid dienone is 1. The predicted molar refractivity (Wildman–Crippen MR) is 135 cm³/mol. The van der Waals surface area contributed by atoms with E-state index in [0.29, 0.717) is 18.5 Å². The van der Waals surface area contributed by atoms with E-state index in [2.05, 4.69) is 103 Å². The zero-order valence-electron chi connectivity index (χ0n) is 19.3. The number of hydrogen-bond acceptors (Lipinski definition) is 2. The highest BCUT2D eigenvalue weighted by Gasteiger charge is 2.14. The molecule has 0 aliphatic carbocycles. The molecular formula is C29H38N2. The molecule has 2 nitrogen and oxygen atoms in total. The summed E-state index contributed by atoms with van der Waals surface area (Å²) in [5, 5.41) is 3.70. The first-order valence-corrected chi connectivity index (χ1v) is 11.3. The van der Waals surface area contributed by atoms with Gasteiger partial charge in [-0.25, -0.2) is 0 Å². The highest BCUT2D eigenvalue weighted by atomic mass is 14.9. The molecule has 0 aliphatic heterocycles. The number of nitrogens with two attached hydrogens (primary N) is 1. The third-order valence-electron chi connectivity index (χ3n) is 5.24. The summed E-state index contributed by atoms with van der Waals surface area (Å²) in [6.45, 7) is 8.03. The fraction of sp³-hybridized carbons (Fsp3) is 0.310. The highest BCUT2D eigenvalue weighted by Crippen LogP contribution is 2.27. The highest BCUT2D eigenvalue weighted by molar-refractivity contribution is 5.32. The van der Waals surface area contributed by atoms with Gasteiger partial charge in [0.25, 0.3) is 0 Å². The standard InChI is InChI=1S/C24H27N.C5H11N/c1-20(19-21-11-5-2-6-12-21)25-18-17-24(22-13-7-3-8-14-22)23-15-9-4-10-16-23;1-5(2)3-4-6/h2-16,20,24-25H,17-19H2,1H3;3H,4,6H2,1-2H3. The normalized spacial score (nSPS) is 11.4. The molecule has 0 radical (unpaired) electrons. The second-order valence-corrected chi connectivity index (χ2v) is 8.22. The number of nitrogens with one attached hydrogen (secondary N) is 1. The fourth-order valence-electron chi connectivity index (χ4n) is 3.65. The zero-order valence-corrected chi connectivity index (χ0v) is 19.3. The molecule has 1 unspecified atom stereocenters. The van der Waals surface area contributed by atoms with Gasteiger partial charge in [-0.1, -0.05) is 103 Å². The molecular weight excluding hydrogens is 376 g/mol. The largest absolute Gasteiger partial charge is 0.327 e. The van der Waals surface area contributed by atoms with E-state index in [0.717, 1.165) is 19.4 Å². The molecule has 0 saturated heterocycles. The average molecular weight is 415 g/mol. The molecule has 0 aromatic heterocycles. The Bertz CT molecular complexity index is 814. The summed E-state index contributed by atoms with van der Waals surface area (Å²) in [4.78, 5) is 0. The summed E-state index contributed by atoms with van der Waals surface area (Å²) in [5.74, 6) is 0.443. The molecule has 164 valence electrons. The van der Waals surface area contributed by atoms with Crippen molar-refractivity contribution in [1.82, 2.24) is 5.32 Å². The minimum absolute atomic E-state index is 0.443. The van der Waals surface area contributed by atoms with Gasteiger partial charge in [-0.05, 0) is 56.8 Å². The second kappa shape index (κ2) is 14.3. The molecule has 0 saturated carbocycles. The lowest BCUT2D eigenvalue weighted by Crippen LogP contribution is -2.30. The molecule has 1 atom stereocenters. The fourth-order valence-corrected chi connectivity index (χ4v) is 3.65. The van der Waals surface area contributed by atoms with Crippen LogP contribution < -0.4 is 11.1 Å². The summed E-state index contributed by atoms with van der Waals surface area (Å²) < 4.78 is 0. The predicted octanol–water partition coefficient (Wildman–Crippen LogP) is 6.34. The van der Waals surface area contributed by atoms with E-state index in [1.165, 1.54) is 22.3 Å². The first-order valence-electron chi connectivity index (χ1n) is 11.3. The lowest BCUT2D eigenvalue weighted by Gasteiger charge is -2.20. The third kappa shape index (κ3) is 9.78. The molecule has 0 amide bonds. The minimum atomic E-state index is 0.443. The second-order valence-electron chi connectivity index (χ2n) is 8.22. The lowest BCUT2D eigenvalue weighted by molar-refractivity contribution is 0.520. The van der Waals surface area contributed by atoms with Crippen LogP contribution in [0.25, 0.3) is 0 Å². The van der Waals surface area contributed by atoms with E-state index in [1.54, 1.807) is 0 Å². The van der Waals surface area contributed by atoms with Crippen molar-refractivity contribution in [3.8, 4) is 0 Å². The summed E-state index contributed by atoms with van der Waals surface area (Å²) in [6.07, 6.45) is 4.16. The number of rotatable bonds is 9. The monoisotopic (exact) mass is 414 g/mol. The molecule has 0 heterocycles. The van der Waals surface area contributed by atoms with Gasteiger partial charge in [-0.3, -0.25) is 0 Å². The van der Waals surface area contributed by atoms with Crippen LogP contribution in [0.5, 0.6) is 0 Å². The first kappa shape index (κ1) is 24.6. The average Bonchev–Trinajstić information content (AvgIpc) is 2.79. The molecule has 0 bridgehead atoms. The molecule has 31 heavy (non-hydrogen) atoms. The van der Waals surface area contributed by atoms with E-state index in [4.69, 9.17) is 5.73 Å². The van der Waals surface area contributed by atoms with Crippen LogP contribution >= 0.6 is 0 Å². The Hall–Kier alpha value is -2.68. The number of benzene rings is 3. The molecule has 3 N–H and O–H groups in total. The van der Waals surface area contributed by atoms with Crippen LogP contribution in [0.1, 0.15) is 49.8 Å². The maximum atomic E-state index is 5.15. The van der Waals surface area contributed by atoms with Crippen molar-refractivity contribution in [3.63, 3.8) is 0 Å². The van der Waals surface area contributed by atoms with Gasteiger partial charge < -0.3 is 11.1 Å². The summed E-state index contributed by atoms with van der Waals surface area (Å²) in [6, 6.07) is 32.9. The van der Waals surface area contributed by atoms with E-state index in [9.17, 15) is 0 Å². The maximum absolute atomic E-state index is 5.15. The van der Waals surface area contributed by atoms with Gasteiger partial charge in [0, 0.05) is 18.5 Å². The van der Waals surface area contributed by atoms with Crippen LogP contribution in [0.4, 0.5) is 0 Å². The van der Waals surface area contributed by atoms with Crippen LogP contribution in [-0.2, 0) is 6.42 Å². The van der Waals surface area contributed by atoms with Crippen molar-refractivity contribution in [2.45, 2.75) is 45.6 Å². The van der Waals surface area contributed by atoms with Crippen molar-refractivity contribution in [1.29, 1.82) is 0 Å². The van der Waals surface area contributed by atoms with Crippen LogP contribution in [0.15, 0.2) is 103 Å². The number of hydrogen-bond donors (Lipinski definition) is 2. The van der Waals surface area contributed by atoms with Gasteiger partial charge in [0.05, 0.1) is 0 Å². The molecule has 3 aromatic rings. The van der Waals surface area contributed by atoms with Crippen LogP contribution in [0, 0.1) is 0 Å². The van der Waals surface area contributed by atoms with Crippen molar-refractivity contribution >= 4 is 0 Å². The van der Waals surface area contributed by atoms with Crippen LogP contribution in [0.3, 0.4) is 0 Å². The Morgan fingerprint density at radius 2 is 1.29 bits per heavy atom. The molecule has 3 rings (SSSR count). The lowest BCUT2D eigenvalue weighted by atomic mass is 9.88. The van der Waals surface area contributed by atoms with Gasteiger partial charge in [0.15, 0.2) is 0 Å². The van der Waals surface area contributed by atoms with Crippen LogP contribution in [-0.4, -0.2) is 19.1 Å². The minimum Gasteiger partial charge on any atom is -0.327 e. The summed E-state index contributed by atoms with van der Waals surface area (Å²) >= 11 is 0. The quantitative estimate of drug-likeness (QED) is 0.401. The summed E-state index contributed by atoms with van der Waals surface area (Å²) in [5.41, 5.74) is 10.6. The van der Waals surface area contributed by atoms with E-state index in [1.807, 2.05) is 19.9 Å². The summed E-state index contributed by atoms with van der Waals surface area (Å²) in [7, 11) is 0. The Kier molecular flexibility index (Phi) is 11.4. The Labute approximate surface area is 189 Å². The SMILES string of the molecule is CC(C)=CCN.CC(Cc1ccccc1)NCCC(c1ccccc1)c1ccccc1. The van der Waals surface area contributed by atoms with Crippen molar-refractivity contribution < 1.29 is 0 Å². The topological polar surface area (TPSA) is 38.0 Å². The molecule has 0 aliphatic rings. The molecule has 3 aromatic carbocycles. The van der Waals surface area contributed by atoms with E-state index < -0.39 is 0 Å². The smallest absolute Gasteiger partial charge is 0.0109 e. The van der Waals surface area contributed by atoms with E-state index in [-0.39, 0.29) is 0 Å². The van der Waals surface area contributed by atoms with E-state index >= 15 is 0 Å². The molecule has 2 heteroatoms. The Morgan fingerprint density at radius 3 is 1.71 bits per heavy atom. The third-order valence-corrected chi connectivity index (χ3v) is 5.24. The Balaban J connectivity index is 0.000000501. The van der Waals surface area contributed by atoms with Gasteiger partial charge in [-0.2, -0.15) is 0 Å². The van der Waals surface area contributed by atoms with Crippen LogP contribution in [0.2, 0.25) is 0 Å². The molecule has 0 fully saturated rings. The maximum Gasteiger partial charge on any atom is 0.0109 e. The van der Waals surface area contributed by atoms with Gasteiger partial charge >= 0.3 is 0 Å². The Morgan fingerprint density at radius 1 is 0.806 bits per heavy atom. The van der Waals surface area contributed by atoms with Gasteiger partial charge in [0.1, 0.15) is 0 Å². The van der Waals surface area contributed by atoms with Gasteiger partial charge in [0.2, 0.25) is 0 Å².